The first kappa shape index (κ1) is 20.6. The summed E-state index contributed by atoms with van der Waals surface area (Å²) in [6.45, 7) is 5.35. The maximum atomic E-state index is 12.5. The average Bonchev–Trinajstić information content (AvgIpc) is 2.66. The number of benzene rings is 1. The molecule has 0 aliphatic carbocycles. The van der Waals surface area contributed by atoms with Crippen LogP contribution in [0.2, 0.25) is 0 Å². The van der Waals surface area contributed by atoms with E-state index in [2.05, 4.69) is 24.1 Å². The van der Waals surface area contributed by atoms with Crippen LogP contribution in [0.25, 0.3) is 0 Å². The number of rotatable bonds is 9. The van der Waals surface area contributed by atoms with Gasteiger partial charge in [-0.1, -0.05) is 13.8 Å². The van der Waals surface area contributed by atoms with Crippen LogP contribution in [-0.4, -0.2) is 38.7 Å². The molecule has 1 aromatic carbocycles. The number of amides is 1. The van der Waals surface area contributed by atoms with Crippen molar-refractivity contribution in [1.29, 1.82) is 0 Å². The fourth-order valence-electron chi connectivity index (χ4n) is 2.43. The third-order valence-corrected chi connectivity index (χ3v) is 4.10. The van der Waals surface area contributed by atoms with E-state index in [0.717, 1.165) is 17.8 Å². The van der Waals surface area contributed by atoms with Crippen molar-refractivity contribution in [3.63, 3.8) is 0 Å². The van der Waals surface area contributed by atoms with E-state index < -0.39 is 0 Å². The molecule has 0 unspecified atom stereocenters. The second kappa shape index (κ2) is 9.80. The highest BCUT2D eigenvalue weighted by Gasteiger charge is 2.12. The molecule has 0 fully saturated rings. The van der Waals surface area contributed by atoms with E-state index in [-0.39, 0.29) is 5.91 Å². The van der Waals surface area contributed by atoms with Gasteiger partial charge in [-0.2, -0.15) is 0 Å². The summed E-state index contributed by atoms with van der Waals surface area (Å²) in [5, 5.41) is 2.93. The number of methoxy groups -OCH3 is 1. The van der Waals surface area contributed by atoms with Crippen LogP contribution >= 0.6 is 0 Å². The molecule has 6 nitrogen and oxygen atoms in total. The van der Waals surface area contributed by atoms with Gasteiger partial charge in [-0.15, -0.1) is 0 Å². The van der Waals surface area contributed by atoms with Crippen LogP contribution in [0.15, 0.2) is 36.5 Å². The molecule has 0 saturated carbocycles. The first-order valence-corrected chi connectivity index (χ1v) is 9.12. The zero-order valence-electron chi connectivity index (χ0n) is 16.8. The SMILES string of the molecule is COc1cc(C(=O)NCc2ccnc(N(C)C)c2)ccc1OCCC(C)C. The van der Waals surface area contributed by atoms with Crippen molar-refractivity contribution in [2.75, 3.05) is 32.7 Å². The second-order valence-electron chi connectivity index (χ2n) is 7.00. The number of carbonyl (C=O) groups excluding carboxylic acids is 1. The molecule has 0 atom stereocenters. The second-order valence-corrected chi connectivity index (χ2v) is 7.00. The zero-order valence-corrected chi connectivity index (χ0v) is 16.8. The highest BCUT2D eigenvalue weighted by atomic mass is 16.5. The lowest BCUT2D eigenvalue weighted by atomic mass is 10.1. The summed E-state index contributed by atoms with van der Waals surface area (Å²) >= 11 is 0. The van der Waals surface area contributed by atoms with Gasteiger partial charge in [-0.05, 0) is 48.2 Å². The predicted octanol–water partition coefficient (Wildman–Crippen LogP) is 3.51. The summed E-state index contributed by atoms with van der Waals surface area (Å²) in [5.41, 5.74) is 1.52. The van der Waals surface area contributed by atoms with Crippen LogP contribution in [0.5, 0.6) is 11.5 Å². The van der Waals surface area contributed by atoms with Gasteiger partial charge in [0.1, 0.15) is 5.82 Å². The number of ether oxygens (including phenoxy) is 2. The summed E-state index contributed by atoms with van der Waals surface area (Å²) < 4.78 is 11.1. The number of aromatic nitrogens is 1. The highest BCUT2D eigenvalue weighted by molar-refractivity contribution is 5.94. The van der Waals surface area contributed by atoms with E-state index >= 15 is 0 Å². The number of hydrogen-bond donors (Lipinski definition) is 1. The third kappa shape index (κ3) is 6.16. The molecule has 0 spiro atoms. The Morgan fingerprint density at radius 2 is 1.96 bits per heavy atom. The van der Waals surface area contributed by atoms with E-state index in [1.165, 1.54) is 0 Å². The van der Waals surface area contributed by atoms with Crippen LogP contribution in [0.4, 0.5) is 5.82 Å². The number of pyridine rings is 1. The normalized spacial score (nSPS) is 10.6. The first-order valence-electron chi connectivity index (χ1n) is 9.12. The molecule has 2 rings (SSSR count). The van der Waals surface area contributed by atoms with E-state index in [4.69, 9.17) is 9.47 Å². The summed E-state index contributed by atoms with van der Waals surface area (Å²) in [7, 11) is 5.44. The summed E-state index contributed by atoms with van der Waals surface area (Å²) in [6, 6.07) is 9.08. The Labute approximate surface area is 161 Å². The zero-order chi connectivity index (χ0) is 19.8. The Kier molecular flexibility index (Phi) is 7.46. The molecule has 0 aliphatic heterocycles. The van der Waals surface area contributed by atoms with Crippen LogP contribution < -0.4 is 19.7 Å². The Morgan fingerprint density at radius 3 is 2.63 bits per heavy atom. The predicted molar refractivity (Wildman–Crippen MR) is 108 cm³/mol. The van der Waals surface area contributed by atoms with Gasteiger partial charge in [0, 0.05) is 32.4 Å². The van der Waals surface area contributed by atoms with E-state index in [0.29, 0.717) is 36.1 Å². The average molecular weight is 371 g/mol. The van der Waals surface area contributed by atoms with Gasteiger partial charge in [0.05, 0.1) is 13.7 Å². The lowest BCUT2D eigenvalue weighted by Gasteiger charge is -2.14. The molecule has 6 heteroatoms. The maximum absolute atomic E-state index is 12.5. The molecule has 0 saturated heterocycles. The van der Waals surface area contributed by atoms with E-state index in [1.54, 1.807) is 31.5 Å². The largest absolute Gasteiger partial charge is 0.493 e. The van der Waals surface area contributed by atoms with Crippen molar-refractivity contribution in [2.45, 2.75) is 26.8 Å². The Hall–Kier alpha value is -2.76. The Morgan fingerprint density at radius 1 is 1.19 bits per heavy atom. The molecule has 1 aromatic heterocycles. The molecule has 0 aliphatic rings. The van der Waals surface area contributed by atoms with Gasteiger partial charge in [-0.25, -0.2) is 4.98 Å². The molecule has 1 amide bonds. The molecule has 27 heavy (non-hydrogen) atoms. The van der Waals surface area contributed by atoms with E-state index in [1.807, 2.05) is 31.1 Å². The van der Waals surface area contributed by atoms with Gasteiger partial charge in [0.25, 0.3) is 5.91 Å². The van der Waals surface area contributed by atoms with Crippen molar-refractivity contribution >= 4 is 11.7 Å². The van der Waals surface area contributed by atoms with Crippen molar-refractivity contribution in [3.8, 4) is 11.5 Å². The number of nitrogens with zero attached hydrogens (tertiary/aromatic N) is 2. The molecular weight excluding hydrogens is 342 g/mol. The smallest absolute Gasteiger partial charge is 0.251 e. The number of carbonyl (C=O) groups is 1. The number of nitrogens with one attached hydrogen (secondary N) is 1. The minimum atomic E-state index is -0.162. The molecule has 1 N–H and O–H groups in total. The fourth-order valence-corrected chi connectivity index (χ4v) is 2.43. The molecule has 1 heterocycles. The van der Waals surface area contributed by atoms with Gasteiger partial charge >= 0.3 is 0 Å². The van der Waals surface area contributed by atoms with Crippen LogP contribution in [0, 0.1) is 5.92 Å². The van der Waals surface area contributed by atoms with Crippen molar-refractivity contribution in [1.82, 2.24) is 10.3 Å². The van der Waals surface area contributed by atoms with Crippen molar-refractivity contribution in [2.24, 2.45) is 5.92 Å². The van der Waals surface area contributed by atoms with Crippen LogP contribution in [0.1, 0.15) is 36.2 Å². The van der Waals surface area contributed by atoms with Crippen LogP contribution in [0.3, 0.4) is 0 Å². The maximum Gasteiger partial charge on any atom is 0.251 e. The van der Waals surface area contributed by atoms with Gasteiger partial charge < -0.3 is 19.7 Å². The fraction of sp³-hybridized carbons (Fsp3) is 0.429. The van der Waals surface area contributed by atoms with Gasteiger partial charge in [0.15, 0.2) is 11.5 Å². The van der Waals surface area contributed by atoms with E-state index in [9.17, 15) is 4.79 Å². The molecular formula is C21H29N3O3. The van der Waals surface area contributed by atoms with Crippen molar-refractivity contribution < 1.29 is 14.3 Å². The minimum absolute atomic E-state index is 0.162. The van der Waals surface area contributed by atoms with Crippen molar-refractivity contribution in [3.05, 3.63) is 47.7 Å². The molecule has 146 valence electrons. The topological polar surface area (TPSA) is 63.7 Å². The summed E-state index contributed by atoms with van der Waals surface area (Å²) in [6.07, 6.45) is 2.70. The monoisotopic (exact) mass is 371 g/mol. The third-order valence-electron chi connectivity index (χ3n) is 4.10. The number of hydrogen-bond acceptors (Lipinski definition) is 5. The lowest BCUT2D eigenvalue weighted by Crippen LogP contribution is -2.23. The highest BCUT2D eigenvalue weighted by Crippen LogP contribution is 2.28. The first-order chi connectivity index (χ1) is 12.9. The summed E-state index contributed by atoms with van der Waals surface area (Å²) in [5.74, 6) is 2.48. The van der Waals surface area contributed by atoms with Gasteiger partial charge in [-0.3, -0.25) is 4.79 Å². The molecule has 0 bridgehead atoms. The van der Waals surface area contributed by atoms with Crippen LogP contribution in [-0.2, 0) is 6.54 Å². The Bertz CT molecular complexity index is 760. The van der Waals surface area contributed by atoms with Gasteiger partial charge in [0.2, 0.25) is 0 Å². The standard InChI is InChI=1S/C21H29N3O3/c1-15(2)9-11-27-18-7-6-17(13-19(18)26-5)21(25)23-14-16-8-10-22-20(12-16)24(3)4/h6-8,10,12-13,15H,9,11,14H2,1-5H3,(H,23,25). The Balaban J connectivity index is 2.00. The molecule has 2 aromatic rings. The minimum Gasteiger partial charge on any atom is -0.493 e. The number of anilines is 1. The summed E-state index contributed by atoms with van der Waals surface area (Å²) in [4.78, 5) is 18.7. The lowest BCUT2D eigenvalue weighted by molar-refractivity contribution is 0.0950. The quantitative estimate of drug-likeness (QED) is 0.731. The molecule has 0 radical (unpaired) electrons.